The summed E-state index contributed by atoms with van der Waals surface area (Å²) in [6.45, 7) is -1.03. The first-order valence-electron chi connectivity index (χ1n) is 9.52. The van der Waals surface area contributed by atoms with Crippen molar-refractivity contribution in [3.8, 4) is 28.0 Å². The van der Waals surface area contributed by atoms with Gasteiger partial charge in [0, 0.05) is 5.56 Å². The average molecular weight is 410 g/mol. The summed E-state index contributed by atoms with van der Waals surface area (Å²) in [7, 11) is 0. The SMILES string of the molecule is CCc1ccc2cc(-c3ccc(-c4ccc(OC(F)F)c(F)c4)c(F)c3)ccc2c1. The van der Waals surface area contributed by atoms with E-state index >= 15 is 0 Å². The number of alkyl halides is 2. The minimum Gasteiger partial charge on any atom is -0.432 e. The maximum absolute atomic E-state index is 14.8. The Labute approximate surface area is 171 Å². The van der Waals surface area contributed by atoms with E-state index in [1.54, 1.807) is 12.1 Å². The molecule has 0 saturated heterocycles. The summed E-state index contributed by atoms with van der Waals surface area (Å²) >= 11 is 0. The maximum Gasteiger partial charge on any atom is 0.387 e. The van der Waals surface area contributed by atoms with Gasteiger partial charge in [-0.05, 0) is 63.7 Å². The van der Waals surface area contributed by atoms with Gasteiger partial charge in [-0.15, -0.1) is 0 Å². The lowest BCUT2D eigenvalue weighted by molar-refractivity contribution is -0.0521. The molecule has 0 N–H and O–H groups in total. The molecular weight excluding hydrogens is 392 g/mol. The van der Waals surface area contributed by atoms with E-state index in [-0.39, 0.29) is 11.1 Å². The highest BCUT2D eigenvalue weighted by molar-refractivity contribution is 5.88. The molecule has 4 rings (SSSR count). The molecule has 0 radical (unpaired) electrons. The molecule has 0 aliphatic carbocycles. The zero-order chi connectivity index (χ0) is 21.3. The topological polar surface area (TPSA) is 9.23 Å². The van der Waals surface area contributed by atoms with Gasteiger partial charge in [0.05, 0.1) is 0 Å². The van der Waals surface area contributed by atoms with E-state index < -0.39 is 24.0 Å². The van der Waals surface area contributed by atoms with Gasteiger partial charge in [0.2, 0.25) is 0 Å². The van der Waals surface area contributed by atoms with Gasteiger partial charge in [-0.25, -0.2) is 8.78 Å². The lowest BCUT2D eigenvalue weighted by Gasteiger charge is -2.10. The van der Waals surface area contributed by atoms with Gasteiger partial charge in [0.1, 0.15) is 5.82 Å². The Kier molecular flexibility index (Phi) is 5.44. The van der Waals surface area contributed by atoms with Gasteiger partial charge in [-0.2, -0.15) is 8.78 Å². The first kappa shape index (κ1) is 20.0. The predicted octanol–water partition coefficient (Wildman–Crippen LogP) is 7.62. The Balaban J connectivity index is 1.66. The number of aryl methyl sites for hydroxylation is 1. The molecule has 0 aromatic heterocycles. The van der Waals surface area contributed by atoms with Gasteiger partial charge < -0.3 is 4.74 Å². The highest BCUT2D eigenvalue weighted by Gasteiger charge is 2.13. The van der Waals surface area contributed by atoms with Crippen LogP contribution in [0, 0.1) is 11.6 Å². The van der Waals surface area contributed by atoms with Gasteiger partial charge in [-0.3, -0.25) is 0 Å². The average Bonchev–Trinajstić information content (AvgIpc) is 2.74. The van der Waals surface area contributed by atoms with Crippen LogP contribution in [0.1, 0.15) is 12.5 Å². The molecule has 0 aliphatic heterocycles. The van der Waals surface area contributed by atoms with Crippen molar-refractivity contribution in [1.29, 1.82) is 0 Å². The van der Waals surface area contributed by atoms with Gasteiger partial charge >= 0.3 is 6.61 Å². The normalized spacial score (nSPS) is 11.3. The van der Waals surface area contributed by atoms with E-state index in [4.69, 9.17) is 0 Å². The number of benzene rings is 4. The smallest absolute Gasteiger partial charge is 0.387 e. The van der Waals surface area contributed by atoms with Crippen LogP contribution in [0.5, 0.6) is 5.75 Å². The number of fused-ring (bicyclic) bond motifs is 1. The van der Waals surface area contributed by atoms with Crippen LogP contribution >= 0.6 is 0 Å². The Morgan fingerprint density at radius 2 is 1.33 bits per heavy atom. The van der Waals surface area contributed by atoms with Crippen LogP contribution in [-0.4, -0.2) is 6.61 Å². The molecule has 0 bridgehead atoms. The third kappa shape index (κ3) is 4.01. The maximum atomic E-state index is 14.8. The minimum atomic E-state index is -3.13. The van der Waals surface area contributed by atoms with Crippen LogP contribution < -0.4 is 4.74 Å². The Morgan fingerprint density at radius 1 is 0.700 bits per heavy atom. The number of rotatable bonds is 5. The predicted molar refractivity (Wildman–Crippen MR) is 111 cm³/mol. The van der Waals surface area contributed by atoms with E-state index in [1.807, 2.05) is 24.3 Å². The highest BCUT2D eigenvalue weighted by Crippen LogP contribution is 2.32. The van der Waals surface area contributed by atoms with E-state index in [2.05, 4.69) is 23.8 Å². The molecule has 0 unspecified atom stereocenters. The minimum absolute atomic E-state index is 0.176. The number of hydrogen-bond donors (Lipinski definition) is 0. The van der Waals surface area contributed by atoms with Crippen molar-refractivity contribution >= 4 is 10.8 Å². The fraction of sp³-hybridized carbons (Fsp3) is 0.120. The van der Waals surface area contributed by atoms with Crippen LogP contribution in [0.3, 0.4) is 0 Å². The van der Waals surface area contributed by atoms with Crippen molar-refractivity contribution in [3.63, 3.8) is 0 Å². The first-order chi connectivity index (χ1) is 14.4. The second kappa shape index (κ2) is 8.19. The standard InChI is InChI=1S/C25H18F4O/c1-2-15-3-4-17-12-18(6-5-16(17)11-15)19-7-9-21(22(26)13-19)20-8-10-24(23(27)14-20)30-25(28)29/h3-14,25H,2H2,1H3. The van der Waals surface area contributed by atoms with E-state index in [1.165, 1.54) is 17.7 Å². The Bertz CT molecular complexity index is 1220. The molecule has 4 aromatic carbocycles. The van der Waals surface area contributed by atoms with Crippen LogP contribution in [-0.2, 0) is 6.42 Å². The summed E-state index contributed by atoms with van der Waals surface area (Å²) in [4.78, 5) is 0. The van der Waals surface area contributed by atoms with Crippen LogP contribution in [0.25, 0.3) is 33.0 Å². The van der Waals surface area contributed by atoms with Crippen molar-refractivity contribution in [3.05, 3.63) is 90.0 Å². The third-order valence-corrected chi connectivity index (χ3v) is 5.07. The van der Waals surface area contributed by atoms with Crippen LogP contribution in [0.2, 0.25) is 0 Å². The molecule has 0 saturated carbocycles. The van der Waals surface area contributed by atoms with Crippen LogP contribution in [0.15, 0.2) is 72.8 Å². The Hall–Kier alpha value is -3.34. The number of halogens is 4. The van der Waals surface area contributed by atoms with Crippen molar-refractivity contribution in [2.75, 3.05) is 0 Å². The summed E-state index contributed by atoms with van der Waals surface area (Å²) in [5.41, 5.74) is 3.22. The molecule has 152 valence electrons. The molecule has 4 aromatic rings. The summed E-state index contributed by atoms with van der Waals surface area (Å²) in [5, 5.41) is 2.18. The first-order valence-corrected chi connectivity index (χ1v) is 9.52. The fourth-order valence-electron chi connectivity index (χ4n) is 3.48. The second-order valence-electron chi connectivity index (χ2n) is 6.97. The van der Waals surface area contributed by atoms with Gasteiger partial charge in [0.25, 0.3) is 0 Å². The summed E-state index contributed by atoms with van der Waals surface area (Å²) in [6.07, 6.45) is 0.959. The molecule has 0 atom stereocenters. The molecule has 0 fully saturated rings. The zero-order valence-electron chi connectivity index (χ0n) is 16.1. The quantitative estimate of drug-likeness (QED) is 0.308. The summed E-state index contributed by atoms with van der Waals surface area (Å²) in [6, 6.07) is 20.3. The van der Waals surface area contributed by atoms with Crippen molar-refractivity contribution in [2.24, 2.45) is 0 Å². The van der Waals surface area contributed by atoms with E-state index in [0.29, 0.717) is 5.56 Å². The number of ether oxygens (including phenoxy) is 1. The van der Waals surface area contributed by atoms with Gasteiger partial charge in [-0.1, -0.05) is 55.5 Å². The largest absolute Gasteiger partial charge is 0.432 e. The molecule has 1 nitrogen and oxygen atoms in total. The lowest BCUT2D eigenvalue weighted by atomic mass is 9.97. The fourth-order valence-corrected chi connectivity index (χ4v) is 3.48. The monoisotopic (exact) mass is 410 g/mol. The molecule has 5 heteroatoms. The van der Waals surface area contributed by atoms with Crippen molar-refractivity contribution in [1.82, 2.24) is 0 Å². The zero-order valence-corrected chi connectivity index (χ0v) is 16.1. The molecular formula is C25H18F4O. The molecule has 0 aliphatic rings. The lowest BCUT2D eigenvalue weighted by Crippen LogP contribution is -2.03. The molecule has 0 spiro atoms. The van der Waals surface area contributed by atoms with Crippen LogP contribution in [0.4, 0.5) is 17.6 Å². The van der Waals surface area contributed by atoms with E-state index in [9.17, 15) is 17.6 Å². The molecule has 0 heterocycles. The molecule has 0 amide bonds. The third-order valence-electron chi connectivity index (χ3n) is 5.07. The van der Waals surface area contributed by atoms with Crippen molar-refractivity contribution in [2.45, 2.75) is 20.0 Å². The highest BCUT2D eigenvalue weighted by atomic mass is 19.3. The van der Waals surface area contributed by atoms with Crippen molar-refractivity contribution < 1.29 is 22.3 Å². The van der Waals surface area contributed by atoms with Gasteiger partial charge in [0.15, 0.2) is 11.6 Å². The molecule has 30 heavy (non-hydrogen) atoms. The summed E-state index contributed by atoms with van der Waals surface area (Å²) in [5.74, 6) is -2.08. The summed E-state index contributed by atoms with van der Waals surface area (Å²) < 4.78 is 57.4. The second-order valence-corrected chi connectivity index (χ2v) is 6.97. The van der Waals surface area contributed by atoms with E-state index in [0.717, 1.165) is 34.9 Å². The number of hydrogen-bond acceptors (Lipinski definition) is 1. The Morgan fingerprint density at radius 3 is 2.03 bits per heavy atom.